The molecule has 0 saturated heterocycles. The summed E-state index contributed by atoms with van der Waals surface area (Å²) in [6, 6.07) is 14.1. The number of hydrogen-bond donors (Lipinski definition) is 2. The molecule has 0 aliphatic carbocycles. The highest BCUT2D eigenvalue weighted by Crippen LogP contribution is 2.13. The first kappa shape index (κ1) is 16.4. The molecule has 0 fully saturated rings. The molecule has 7 heteroatoms. The molecule has 25 heavy (non-hydrogen) atoms. The van der Waals surface area contributed by atoms with Gasteiger partial charge >= 0.3 is 0 Å². The van der Waals surface area contributed by atoms with E-state index in [1.54, 1.807) is 41.3 Å². The Morgan fingerprint density at radius 3 is 2.60 bits per heavy atom. The fourth-order valence-electron chi connectivity index (χ4n) is 2.22. The Bertz CT molecular complexity index is 876. The smallest absolute Gasteiger partial charge is 0.251 e. The molecule has 1 aromatic heterocycles. The second-order valence-corrected chi connectivity index (χ2v) is 5.24. The summed E-state index contributed by atoms with van der Waals surface area (Å²) in [6.45, 7) is -0.192. The largest absolute Gasteiger partial charge is 0.343 e. The van der Waals surface area contributed by atoms with Gasteiger partial charge in [-0.25, -0.2) is 9.07 Å². The summed E-state index contributed by atoms with van der Waals surface area (Å²) in [4.78, 5) is 23.9. The molecule has 2 N–H and O–H groups in total. The Morgan fingerprint density at radius 2 is 1.88 bits per heavy atom. The van der Waals surface area contributed by atoms with Crippen molar-refractivity contribution in [2.24, 2.45) is 0 Å². The van der Waals surface area contributed by atoms with E-state index in [0.29, 0.717) is 5.69 Å². The van der Waals surface area contributed by atoms with Gasteiger partial charge in [0.25, 0.3) is 5.91 Å². The average Bonchev–Trinajstić information content (AvgIpc) is 3.15. The zero-order valence-electron chi connectivity index (χ0n) is 13.1. The van der Waals surface area contributed by atoms with Gasteiger partial charge in [0.2, 0.25) is 5.91 Å². The fourth-order valence-corrected chi connectivity index (χ4v) is 2.22. The molecule has 0 bridgehead atoms. The molecule has 1 heterocycles. The highest BCUT2D eigenvalue weighted by Gasteiger charge is 2.09. The van der Waals surface area contributed by atoms with E-state index in [2.05, 4.69) is 15.7 Å². The maximum Gasteiger partial charge on any atom is 0.251 e. The number of halogens is 1. The van der Waals surface area contributed by atoms with Gasteiger partial charge in [-0.15, -0.1) is 0 Å². The molecule has 3 rings (SSSR count). The monoisotopic (exact) mass is 338 g/mol. The normalized spacial score (nSPS) is 10.3. The lowest BCUT2D eigenvalue weighted by Crippen LogP contribution is -2.32. The zero-order chi connectivity index (χ0) is 17.6. The summed E-state index contributed by atoms with van der Waals surface area (Å²) in [5, 5.41) is 9.32. The molecular weight excluding hydrogens is 323 g/mol. The van der Waals surface area contributed by atoms with E-state index < -0.39 is 11.7 Å². The second kappa shape index (κ2) is 7.39. The number of rotatable bonds is 5. The summed E-state index contributed by atoms with van der Waals surface area (Å²) in [7, 11) is 0. The van der Waals surface area contributed by atoms with Crippen molar-refractivity contribution in [3.05, 3.63) is 78.4 Å². The van der Waals surface area contributed by atoms with Gasteiger partial charge in [-0.05, 0) is 48.5 Å². The Hall–Kier alpha value is -3.48. The molecule has 0 saturated carbocycles. The Morgan fingerprint density at radius 1 is 1.08 bits per heavy atom. The predicted molar refractivity (Wildman–Crippen MR) is 90.9 cm³/mol. The lowest BCUT2D eigenvalue weighted by molar-refractivity contribution is -0.115. The van der Waals surface area contributed by atoms with Crippen LogP contribution < -0.4 is 10.6 Å². The van der Waals surface area contributed by atoms with Crippen LogP contribution >= 0.6 is 0 Å². The highest BCUT2D eigenvalue weighted by molar-refractivity contribution is 5.99. The van der Waals surface area contributed by atoms with E-state index in [4.69, 9.17) is 0 Å². The van der Waals surface area contributed by atoms with Crippen molar-refractivity contribution < 1.29 is 14.0 Å². The average molecular weight is 338 g/mol. The number of benzene rings is 2. The number of carbonyl (C=O) groups is 2. The molecule has 3 aromatic rings. The van der Waals surface area contributed by atoms with Crippen LogP contribution in [-0.4, -0.2) is 28.1 Å². The SMILES string of the molecule is O=C(CNC(=O)c1ccc(F)cc1)Nc1cccc(-n2cccn2)c1. The van der Waals surface area contributed by atoms with Crippen molar-refractivity contribution in [2.45, 2.75) is 0 Å². The van der Waals surface area contributed by atoms with Crippen LogP contribution in [-0.2, 0) is 4.79 Å². The number of anilines is 1. The van der Waals surface area contributed by atoms with Crippen LogP contribution in [0.25, 0.3) is 5.69 Å². The van der Waals surface area contributed by atoms with E-state index in [9.17, 15) is 14.0 Å². The molecule has 2 amide bonds. The van der Waals surface area contributed by atoms with E-state index in [1.165, 1.54) is 24.3 Å². The van der Waals surface area contributed by atoms with Crippen LogP contribution in [0.1, 0.15) is 10.4 Å². The van der Waals surface area contributed by atoms with Gasteiger partial charge in [-0.2, -0.15) is 5.10 Å². The molecule has 0 aliphatic heterocycles. The third-order valence-corrected chi connectivity index (χ3v) is 3.41. The quantitative estimate of drug-likeness (QED) is 0.750. The summed E-state index contributed by atoms with van der Waals surface area (Å²) >= 11 is 0. The minimum Gasteiger partial charge on any atom is -0.343 e. The zero-order valence-corrected chi connectivity index (χ0v) is 13.1. The van der Waals surface area contributed by atoms with Crippen LogP contribution in [0.2, 0.25) is 0 Å². The van der Waals surface area contributed by atoms with Gasteiger partial charge in [0, 0.05) is 23.6 Å². The third-order valence-electron chi connectivity index (χ3n) is 3.41. The van der Waals surface area contributed by atoms with E-state index in [0.717, 1.165) is 5.69 Å². The first-order chi connectivity index (χ1) is 12.1. The first-order valence-electron chi connectivity index (χ1n) is 7.55. The van der Waals surface area contributed by atoms with E-state index in [-0.39, 0.29) is 18.0 Å². The highest BCUT2D eigenvalue weighted by atomic mass is 19.1. The van der Waals surface area contributed by atoms with Crippen molar-refractivity contribution in [2.75, 3.05) is 11.9 Å². The van der Waals surface area contributed by atoms with Gasteiger partial charge in [0.15, 0.2) is 0 Å². The molecule has 0 radical (unpaired) electrons. The number of nitrogens with zero attached hydrogens (tertiary/aromatic N) is 2. The maximum absolute atomic E-state index is 12.8. The van der Waals surface area contributed by atoms with Crippen molar-refractivity contribution in [1.82, 2.24) is 15.1 Å². The van der Waals surface area contributed by atoms with Gasteiger partial charge < -0.3 is 10.6 Å². The number of hydrogen-bond acceptors (Lipinski definition) is 3. The summed E-state index contributed by atoms with van der Waals surface area (Å²) in [6.07, 6.45) is 3.46. The van der Waals surface area contributed by atoms with Gasteiger partial charge in [0.05, 0.1) is 12.2 Å². The number of amides is 2. The molecule has 0 spiro atoms. The van der Waals surface area contributed by atoms with E-state index >= 15 is 0 Å². The lowest BCUT2D eigenvalue weighted by atomic mass is 10.2. The van der Waals surface area contributed by atoms with Gasteiger partial charge in [-0.1, -0.05) is 6.07 Å². The Kier molecular flexibility index (Phi) is 4.84. The van der Waals surface area contributed by atoms with Crippen LogP contribution in [0, 0.1) is 5.82 Å². The summed E-state index contributed by atoms with van der Waals surface area (Å²) in [5.74, 6) is -1.24. The number of nitrogens with one attached hydrogen (secondary N) is 2. The molecule has 2 aromatic carbocycles. The summed E-state index contributed by atoms with van der Waals surface area (Å²) in [5.41, 5.74) is 1.68. The van der Waals surface area contributed by atoms with Crippen molar-refractivity contribution in [1.29, 1.82) is 0 Å². The second-order valence-electron chi connectivity index (χ2n) is 5.24. The molecular formula is C18H15FN4O2. The number of carbonyl (C=O) groups excluding carboxylic acids is 2. The standard InChI is InChI=1S/C18H15FN4O2/c19-14-7-5-13(6-8-14)18(25)20-12-17(24)22-15-3-1-4-16(11-15)23-10-2-9-21-23/h1-11H,12H2,(H,20,25)(H,22,24). The Balaban J connectivity index is 1.57. The third kappa shape index (κ3) is 4.29. The topological polar surface area (TPSA) is 76.0 Å². The van der Waals surface area contributed by atoms with Crippen LogP contribution in [0.15, 0.2) is 67.0 Å². The molecule has 126 valence electrons. The van der Waals surface area contributed by atoms with Gasteiger partial charge in [-0.3, -0.25) is 9.59 Å². The predicted octanol–water partition coefficient (Wildman–Crippen LogP) is 2.38. The van der Waals surface area contributed by atoms with Gasteiger partial charge in [0.1, 0.15) is 5.82 Å². The van der Waals surface area contributed by atoms with Crippen molar-refractivity contribution >= 4 is 17.5 Å². The van der Waals surface area contributed by atoms with E-state index in [1.807, 2.05) is 6.07 Å². The molecule has 0 aliphatic rings. The lowest BCUT2D eigenvalue weighted by Gasteiger charge is -2.09. The maximum atomic E-state index is 12.8. The van der Waals surface area contributed by atoms with Crippen molar-refractivity contribution in [3.63, 3.8) is 0 Å². The van der Waals surface area contributed by atoms with Crippen LogP contribution in [0.5, 0.6) is 0 Å². The molecule has 0 atom stereocenters. The first-order valence-corrected chi connectivity index (χ1v) is 7.55. The van der Waals surface area contributed by atoms with Crippen LogP contribution in [0.4, 0.5) is 10.1 Å². The Labute approximate surface area is 143 Å². The fraction of sp³-hybridized carbons (Fsp3) is 0.0556. The van der Waals surface area contributed by atoms with Crippen LogP contribution in [0.3, 0.4) is 0 Å². The minimum atomic E-state index is -0.444. The molecule has 0 unspecified atom stereocenters. The van der Waals surface area contributed by atoms with Crippen molar-refractivity contribution in [3.8, 4) is 5.69 Å². The minimum absolute atomic E-state index is 0.192. The molecule has 6 nitrogen and oxygen atoms in total. The number of aromatic nitrogens is 2. The summed E-state index contributed by atoms with van der Waals surface area (Å²) < 4.78 is 14.5.